The van der Waals surface area contributed by atoms with Gasteiger partial charge in [0.25, 0.3) is 0 Å². The molecule has 1 aromatic carbocycles. The van der Waals surface area contributed by atoms with E-state index in [2.05, 4.69) is 0 Å². The number of ether oxygens (including phenoxy) is 1. The number of carboxylic acids is 1. The number of hydrogen-bond donors (Lipinski definition) is 1. The molecule has 2 aliphatic rings. The second-order valence-electron chi connectivity index (χ2n) is 6.95. The third-order valence-electron chi connectivity index (χ3n) is 5.17. The van der Waals surface area contributed by atoms with Gasteiger partial charge in [0.1, 0.15) is 5.75 Å². The molecule has 26 heavy (non-hydrogen) atoms. The van der Waals surface area contributed by atoms with E-state index in [1.165, 1.54) is 0 Å². The number of benzene rings is 1. The number of methoxy groups -OCH3 is 1. The van der Waals surface area contributed by atoms with Gasteiger partial charge in [-0.2, -0.15) is 0 Å². The maximum atomic E-state index is 12.8. The first-order valence-corrected chi connectivity index (χ1v) is 8.91. The van der Waals surface area contributed by atoms with E-state index in [1.807, 2.05) is 24.3 Å². The van der Waals surface area contributed by atoms with Gasteiger partial charge < -0.3 is 19.6 Å². The molecule has 2 fully saturated rings. The van der Waals surface area contributed by atoms with E-state index >= 15 is 0 Å². The fraction of sp³-hybridized carbons (Fsp3) is 0.526. The summed E-state index contributed by atoms with van der Waals surface area (Å²) in [6.07, 6.45) is 1.71. The fourth-order valence-electron chi connectivity index (χ4n) is 3.82. The highest BCUT2D eigenvalue weighted by atomic mass is 16.5. The van der Waals surface area contributed by atoms with Crippen molar-refractivity contribution in [2.75, 3.05) is 20.2 Å². The van der Waals surface area contributed by atoms with Gasteiger partial charge in [0, 0.05) is 32.1 Å². The lowest BCUT2D eigenvalue weighted by Gasteiger charge is -2.26. The molecular formula is C19H24N2O5. The SMILES string of the molecule is COc1ccc(CN2CC(C(=O)N3CCCC3CC(=O)O)CC2=O)cc1. The van der Waals surface area contributed by atoms with Crippen LogP contribution in [-0.2, 0) is 20.9 Å². The van der Waals surface area contributed by atoms with Crippen LogP contribution < -0.4 is 4.74 Å². The van der Waals surface area contributed by atoms with Gasteiger partial charge in [-0.15, -0.1) is 0 Å². The number of rotatable bonds is 6. The minimum atomic E-state index is -0.890. The van der Waals surface area contributed by atoms with Crippen LogP contribution in [0.2, 0.25) is 0 Å². The first kappa shape index (κ1) is 18.2. The zero-order chi connectivity index (χ0) is 18.7. The van der Waals surface area contributed by atoms with Crippen LogP contribution in [0, 0.1) is 5.92 Å². The van der Waals surface area contributed by atoms with Gasteiger partial charge >= 0.3 is 5.97 Å². The number of nitrogens with zero attached hydrogens (tertiary/aromatic N) is 2. The normalized spacial score (nSPS) is 22.7. The zero-order valence-electron chi connectivity index (χ0n) is 14.9. The van der Waals surface area contributed by atoms with Gasteiger partial charge in [0.05, 0.1) is 19.4 Å². The third kappa shape index (κ3) is 3.98. The van der Waals surface area contributed by atoms with Crippen molar-refractivity contribution in [1.29, 1.82) is 0 Å². The Morgan fingerprint density at radius 3 is 2.65 bits per heavy atom. The lowest BCUT2D eigenvalue weighted by atomic mass is 10.1. The molecule has 0 spiro atoms. The quantitative estimate of drug-likeness (QED) is 0.831. The molecule has 1 N–H and O–H groups in total. The molecule has 0 aliphatic carbocycles. The molecule has 140 valence electrons. The summed E-state index contributed by atoms with van der Waals surface area (Å²) in [6.45, 7) is 1.44. The van der Waals surface area contributed by atoms with Crippen molar-refractivity contribution in [3.8, 4) is 5.75 Å². The van der Waals surface area contributed by atoms with Crippen LogP contribution in [0.5, 0.6) is 5.75 Å². The van der Waals surface area contributed by atoms with E-state index < -0.39 is 5.97 Å². The average molecular weight is 360 g/mol. The predicted molar refractivity (Wildman–Crippen MR) is 93.5 cm³/mol. The highest BCUT2D eigenvalue weighted by Crippen LogP contribution is 2.27. The molecule has 2 unspecified atom stereocenters. The number of carbonyl (C=O) groups excluding carboxylic acids is 2. The molecule has 7 heteroatoms. The molecule has 3 rings (SSSR count). The molecule has 2 amide bonds. The van der Waals surface area contributed by atoms with Crippen LogP contribution in [0.25, 0.3) is 0 Å². The maximum Gasteiger partial charge on any atom is 0.305 e. The minimum absolute atomic E-state index is 0.0258. The highest BCUT2D eigenvalue weighted by molar-refractivity contribution is 5.89. The van der Waals surface area contributed by atoms with Gasteiger partial charge in [-0.25, -0.2) is 0 Å². The maximum absolute atomic E-state index is 12.8. The summed E-state index contributed by atoms with van der Waals surface area (Å²) in [6, 6.07) is 7.26. The summed E-state index contributed by atoms with van der Waals surface area (Å²) >= 11 is 0. The van der Waals surface area contributed by atoms with Crippen molar-refractivity contribution in [2.24, 2.45) is 5.92 Å². The molecule has 0 radical (unpaired) electrons. The first-order valence-electron chi connectivity index (χ1n) is 8.91. The standard InChI is InChI=1S/C19H24N2O5/c1-26-16-6-4-13(5-7-16)11-20-12-14(9-17(20)22)19(25)21-8-2-3-15(21)10-18(23)24/h4-7,14-15H,2-3,8-12H2,1H3,(H,23,24). The Morgan fingerprint density at radius 2 is 2.00 bits per heavy atom. The van der Waals surface area contributed by atoms with Crippen LogP contribution >= 0.6 is 0 Å². The number of amides is 2. The molecule has 0 bridgehead atoms. The Labute approximate surface area is 152 Å². The minimum Gasteiger partial charge on any atom is -0.497 e. The van der Waals surface area contributed by atoms with Crippen molar-refractivity contribution in [3.63, 3.8) is 0 Å². The highest BCUT2D eigenvalue weighted by Gasteiger charge is 2.40. The van der Waals surface area contributed by atoms with Crippen molar-refractivity contribution in [1.82, 2.24) is 9.80 Å². The second kappa shape index (κ2) is 7.76. The van der Waals surface area contributed by atoms with Gasteiger partial charge in [0.15, 0.2) is 0 Å². The molecule has 2 saturated heterocycles. The molecule has 1 aromatic rings. The molecule has 0 saturated carbocycles. The van der Waals surface area contributed by atoms with Crippen LogP contribution in [-0.4, -0.2) is 58.9 Å². The van der Waals surface area contributed by atoms with E-state index in [-0.39, 0.29) is 36.6 Å². The topological polar surface area (TPSA) is 87.2 Å². The fourth-order valence-corrected chi connectivity index (χ4v) is 3.82. The largest absolute Gasteiger partial charge is 0.497 e. The molecule has 7 nitrogen and oxygen atoms in total. The summed E-state index contributed by atoms with van der Waals surface area (Å²) in [7, 11) is 1.60. The molecule has 2 heterocycles. The van der Waals surface area contributed by atoms with Crippen LogP contribution in [0.4, 0.5) is 0 Å². The average Bonchev–Trinajstić information content (AvgIpc) is 3.21. The van der Waals surface area contributed by atoms with Crippen LogP contribution in [0.1, 0.15) is 31.2 Å². The van der Waals surface area contributed by atoms with E-state index in [1.54, 1.807) is 16.9 Å². The van der Waals surface area contributed by atoms with Crippen molar-refractivity contribution >= 4 is 17.8 Å². The Bertz CT molecular complexity index is 688. The molecule has 2 atom stereocenters. The summed E-state index contributed by atoms with van der Waals surface area (Å²) in [5, 5.41) is 9.02. The summed E-state index contributed by atoms with van der Waals surface area (Å²) in [4.78, 5) is 39.5. The zero-order valence-corrected chi connectivity index (χ0v) is 14.9. The van der Waals surface area contributed by atoms with Gasteiger partial charge in [-0.05, 0) is 30.5 Å². The smallest absolute Gasteiger partial charge is 0.305 e. The Kier molecular flexibility index (Phi) is 5.44. The Morgan fingerprint density at radius 1 is 1.27 bits per heavy atom. The lowest BCUT2D eigenvalue weighted by molar-refractivity contribution is -0.141. The van der Waals surface area contributed by atoms with E-state index in [0.29, 0.717) is 26.1 Å². The first-order chi connectivity index (χ1) is 12.5. The van der Waals surface area contributed by atoms with E-state index in [4.69, 9.17) is 9.84 Å². The van der Waals surface area contributed by atoms with Gasteiger partial charge in [-0.1, -0.05) is 12.1 Å². The van der Waals surface area contributed by atoms with Crippen LogP contribution in [0.15, 0.2) is 24.3 Å². The Hall–Kier alpha value is -2.57. The van der Waals surface area contributed by atoms with E-state index in [0.717, 1.165) is 17.7 Å². The summed E-state index contributed by atoms with van der Waals surface area (Å²) in [5.41, 5.74) is 0.983. The van der Waals surface area contributed by atoms with Crippen molar-refractivity contribution in [2.45, 2.75) is 38.3 Å². The monoisotopic (exact) mass is 360 g/mol. The van der Waals surface area contributed by atoms with Crippen LogP contribution in [0.3, 0.4) is 0 Å². The van der Waals surface area contributed by atoms with E-state index in [9.17, 15) is 14.4 Å². The summed E-state index contributed by atoms with van der Waals surface area (Å²) < 4.78 is 5.13. The molecule has 2 aliphatic heterocycles. The number of likely N-dealkylation sites (tertiary alicyclic amines) is 2. The number of hydrogen-bond acceptors (Lipinski definition) is 4. The molecular weight excluding hydrogens is 336 g/mol. The second-order valence-corrected chi connectivity index (χ2v) is 6.95. The lowest BCUT2D eigenvalue weighted by Crippen LogP contribution is -2.41. The predicted octanol–water partition coefficient (Wildman–Crippen LogP) is 1.51. The summed E-state index contributed by atoms with van der Waals surface area (Å²) in [5.74, 6) is -0.631. The molecule has 0 aromatic heterocycles. The van der Waals surface area contributed by atoms with Crippen molar-refractivity contribution in [3.05, 3.63) is 29.8 Å². The van der Waals surface area contributed by atoms with Gasteiger partial charge in [0.2, 0.25) is 11.8 Å². The Balaban J connectivity index is 1.61. The van der Waals surface area contributed by atoms with Crippen molar-refractivity contribution < 1.29 is 24.2 Å². The number of carboxylic acid groups (broad SMARTS) is 1. The number of carbonyl (C=O) groups is 3. The number of aliphatic carboxylic acids is 1. The van der Waals surface area contributed by atoms with Gasteiger partial charge in [-0.3, -0.25) is 14.4 Å². The third-order valence-corrected chi connectivity index (χ3v) is 5.17.